The third kappa shape index (κ3) is 2.69. The summed E-state index contributed by atoms with van der Waals surface area (Å²) in [7, 11) is 0. The molecule has 0 unspecified atom stereocenters. The van der Waals surface area contributed by atoms with Crippen molar-refractivity contribution in [3.63, 3.8) is 0 Å². The number of aromatic nitrogens is 3. The molecule has 0 bridgehead atoms. The molecule has 0 aliphatic heterocycles. The summed E-state index contributed by atoms with van der Waals surface area (Å²) in [6.07, 6.45) is 2.39. The number of nitrogens with zero attached hydrogens (tertiary/aromatic N) is 3. The first kappa shape index (κ1) is 15.3. The van der Waals surface area contributed by atoms with Crippen LogP contribution in [0.15, 0.2) is 16.0 Å². The van der Waals surface area contributed by atoms with Crippen molar-refractivity contribution in [3.05, 3.63) is 34.1 Å². The third-order valence-electron chi connectivity index (χ3n) is 4.21. The van der Waals surface area contributed by atoms with Crippen LogP contribution in [0, 0.1) is 6.92 Å². The molecular formula is C17H18N4O2S. The molecule has 0 aromatic carbocycles. The van der Waals surface area contributed by atoms with Gasteiger partial charge in [0.15, 0.2) is 5.13 Å². The summed E-state index contributed by atoms with van der Waals surface area (Å²) in [5, 5.41) is 10.2. The molecule has 3 aromatic heterocycles. The second-order valence-corrected chi connectivity index (χ2v) is 7.36. The number of anilines is 1. The maximum absolute atomic E-state index is 12.8. The Morgan fingerprint density at radius 3 is 2.88 bits per heavy atom. The van der Waals surface area contributed by atoms with Gasteiger partial charge in [-0.2, -0.15) is 0 Å². The largest absolute Gasteiger partial charge is 0.336 e. The van der Waals surface area contributed by atoms with Gasteiger partial charge in [0.1, 0.15) is 0 Å². The molecule has 0 radical (unpaired) electrons. The van der Waals surface area contributed by atoms with Crippen LogP contribution in [0.1, 0.15) is 66.0 Å². The van der Waals surface area contributed by atoms with Crippen LogP contribution in [0.4, 0.5) is 5.13 Å². The molecule has 1 aliphatic carbocycles. The molecule has 1 aliphatic rings. The van der Waals surface area contributed by atoms with E-state index >= 15 is 0 Å². The Kier molecular flexibility index (Phi) is 3.60. The Bertz CT molecular complexity index is 924. The molecular weight excluding hydrogens is 324 g/mol. The first-order valence-electron chi connectivity index (χ1n) is 8.06. The molecule has 4 rings (SSSR count). The smallest absolute Gasteiger partial charge is 0.259 e. The van der Waals surface area contributed by atoms with Crippen molar-refractivity contribution in [1.82, 2.24) is 15.1 Å². The number of hydrogen-bond donors (Lipinski definition) is 1. The predicted octanol–water partition coefficient (Wildman–Crippen LogP) is 4.24. The van der Waals surface area contributed by atoms with Gasteiger partial charge in [-0.3, -0.25) is 10.1 Å². The van der Waals surface area contributed by atoms with E-state index in [0.29, 0.717) is 33.4 Å². The SMILES string of the molecule is Cc1noc2nc(C(C)C)cc(C(=O)Nc3nc(C4CC4)cs3)c12. The number of thiazole rings is 1. The van der Waals surface area contributed by atoms with Crippen molar-refractivity contribution in [2.24, 2.45) is 0 Å². The van der Waals surface area contributed by atoms with Gasteiger partial charge in [-0.1, -0.05) is 19.0 Å². The van der Waals surface area contributed by atoms with Crippen LogP contribution in [0.2, 0.25) is 0 Å². The number of carbonyl (C=O) groups is 1. The zero-order valence-electron chi connectivity index (χ0n) is 13.8. The van der Waals surface area contributed by atoms with Gasteiger partial charge in [0.05, 0.1) is 22.3 Å². The summed E-state index contributed by atoms with van der Waals surface area (Å²) in [4.78, 5) is 21.8. The van der Waals surface area contributed by atoms with Crippen LogP contribution in [0.25, 0.3) is 11.1 Å². The van der Waals surface area contributed by atoms with Crippen LogP contribution in [0.5, 0.6) is 0 Å². The summed E-state index contributed by atoms with van der Waals surface area (Å²) < 4.78 is 5.27. The van der Waals surface area contributed by atoms with Gasteiger partial charge in [0.2, 0.25) is 0 Å². The number of pyridine rings is 1. The fraction of sp³-hybridized carbons (Fsp3) is 0.412. The van der Waals surface area contributed by atoms with Crippen molar-refractivity contribution in [2.75, 3.05) is 5.32 Å². The van der Waals surface area contributed by atoms with Crippen molar-refractivity contribution in [1.29, 1.82) is 0 Å². The zero-order chi connectivity index (χ0) is 16.8. The molecule has 124 valence electrons. The van der Waals surface area contributed by atoms with Crippen molar-refractivity contribution < 1.29 is 9.32 Å². The van der Waals surface area contributed by atoms with E-state index in [1.165, 1.54) is 24.2 Å². The highest BCUT2D eigenvalue weighted by molar-refractivity contribution is 7.14. The lowest BCUT2D eigenvalue weighted by Crippen LogP contribution is -2.13. The summed E-state index contributed by atoms with van der Waals surface area (Å²) in [5.41, 5.74) is 3.49. The molecule has 3 heterocycles. The van der Waals surface area contributed by atoms with E-state index in [4.69, 9.17) is 4.52 Å². The summed E-state index contributed by atoms with van der Waals surface area (Å²) in [5.74, 6) is 0.562. The lowest BCUT2D eigenvalue weighted by atomic mass is 10.0. The van der Waals surface area contributed by atoms with E-state index in [1.54, 1.807) is 0 Å². The highest BCUT2D eigenvalue weighted by Crippen LogP contribution is 2.41. The average Bonchev–Trinajstić information content (AvgIpc) is 3.20. The molecule has 1 saturated carbocycles. The zero-order valence-corrected chi connectivity index (χ0v) is 14.6. The van der Waals surface area contributed by atoms with Gasteiger partial charge in [-0.25, -0.2) is 9.97 Å². The normalized spacial score (nSPS) is 14.5. The number of fused-ring (bicyclic) bond motifs is 1. The molecule has 0 spiro atoms. The monoisotopic (exact) mass is 342 g/mol. The van der Waals surface area contributed by atoms with Gasteiger partial charge >= 0.3 is 0 Å². The van der Waals surface area contributed by atoms with Gasteiger partial charge in [-0.05, 0) is 31.7 Å². The van der Waals surface area contributed by atoms with Gasteiger partial charge in [0, 0.05) is 17.0 Å². The second kappa shape index (κ2) is 5.66. The summed E-state index contributed by atoms with van der Waals surface area (Å²) in [6.45, 7) is 5.87. The van der Waals surface area contributed by atoms with E-state index in [1.807, 2.05) is 32.2 Å². The van der Waals surface area contributed by atoms with Gasteiger partial charge < -0.3 is 4.52 Å². The van der Waals surface area contributed by atoms with Crippen LogP contribution >= 0.6 is 11.3 Å². The Morgan fingerprint density at radius 1 is 1.38 bits per heavy atom. The minimum Gasteiger partial charge on any atom is -0.336 e. The summed E-state index contributed by atoms with van der Waals surface area (Å²) in [6, 6.07) is 1.82. The minimum absolute atomic E-state index is 0.188. The third-order valence-corrected chi connectivity index (χ3v) is 4.99. The van der Waals surface area contributed by atoms with E-state index in [0.717, 1.165) is 11.4 Å². The predicted molar refractivity (Wildman–Crippen MR) is 92.7 cm³/mol. The molecule has 24 heavy (non-hydrogen) atoms. The quantitative estimate of drug-likeness (QED) is 0.767. The average molecular weight is 342 g/mol. The van der Waals surface area contributed by atoms with Crippen LogP contribution in [-0.2, 0) is 0 Å². The first-order chi connectivity index (χ1) is 11.5. The summed E-state index contributed by atoms with van der Waals surface area (Å²) >= 11 is 1.47. The second-order valence-electron chi connectivity index (χ2n) is 6.50. The molecule has 7 heteroatoms. The highest BCUT2D eigenvalue weighted by Gasteiger charge is 2.27. The molecule has 0 atom stereocenters. The maximum Gasteiger partial charge on any atom is 0.259 e. The molecule has 1 fully saturated rings. The molecule has 1 amide bonds. The van der Waals surface area contributed by atoms with Crippen molar-refractivity contribution in [2.45, 2.75) is 45.4 Å². The fourth-order valence-electron chi connectivity index (χ4n) is 2.66. The van der Waals surface area contributed by atoms with Crippen molar-refractivity contribution in [3.8, 4) is 0 Å². The van der Waals surface area contributed by atoms with E-state index in [2.05, 4.69) is 20.4 Å². The molecule has 6 nitrogen and oxygen atoms in total. The Labute approximate surface area is 143 Å². The van der Waals surface area contributed by atoms with Crippen LogP contribution in [0.3, 0.4) is 0 Å². The first-order valence-corrected chi connectivity index (χ1v) is 8.94. The lowest BCUT2D eigenvalue weighted by molar-refractivity contribution is 0.102. The fourth-order valence-corrected chi connectivity index (χ4v) is 3.45. The van der Waals surface area contributed by atoms with E-state index in [-0.39, 0.29) is 11.8 Å². The minimum atomic E-state index is -0.202. The maximum atomic E-state index is 12.8. The number of hydrogen-bond acceptors (Lipinski definition) is 6. The standard InChI is InChI=1S/C17H18N4O2S/c1-8(2)12-6-11(14-9(3)21-23-16(14)18-12)15(22)20-17-19-13(7-24-17)10-4-5-10/h6-8,10H,4-5H2,1-3H3,(H,19,20,22). The number of nitrogens with one attached hydrogen (secondary N) is 1. The Balaban J connectivity index is 1.70. The van der Waals surface area contributed by atoms with Crippen LogP contribution < -0.4 is 5.32 Å². The number of rotatable bonds is 4. The van der Waals surface area contributed by atoms with E-state index in [9.17, 15) is 4.79 Å². The number of carbonyl (C=O) groups excluding carboxylic acids is 1. The molecule has 3 aromatic rings. The highest BCUT2D eigenvalue weighted by atomic mass is 32.1. The van der Waals surface area contributed by atoms with Gasteiger partial charge in [-0.15, -0.1) is 11.3 Å². The Morgan fingerprint density at radius 2 is 2.17 bits per heavy atom. The lowest BCUT2D eigenvalue weighted by Gasteiger charge is -2.08. The van der Waals surface area contributed by atoms with Crippen LogP contribution in [-0.4, -0.2) is 21.0 Å². The van der Waals surface area contributed by atoms with Crippen molar-refractivity contribution >= 4 is 33.5 Å². The topological polar surface area (TPSA) is 80.9 Å². The number of aryl methyl sites for hydroxylation is 1. The Hall–Kier alpha value is -2.28. The van der Waals surface area contributed by atoms with E-state index < -0.39 is 0 Å². The molecule has 0 saturated heterocycles. The number of amides is 1. The molecule has 1 N–H and O–H groups in total. The van der Waals surface area contributed by atoms with Gasteiger partial charge in [0.25, 0.3) is 11.6 Å².